The first-order valence-corrected chi connectivity index (χ1v) is 5.78. The average molecular weight is 255 g/mol. The van der Waals surface area contributed by atoms with E-state index in [1.54, 1.807) is 6.08 Å². The number of nitrogens with zero attached hydrogens (tertiary/aromatic N) is 1. The normalized spacial score (nSPS) is 12.9. The summed E-state index contributed by atoms with van der Waals surface area (Å²) < 4.78 is 0. The molecule has 1 unspecified atom stereocenters. The third-order valence-corrected chi connectivity index (χ3v) is 2.63. The van der Waals surface area contributed by atoms with E-state index < -0.39 is 4.92 Å². The maximum atomic E-state index is 10.6. The Balaban J connectivity index is 2.89. The maximum Gasteiger partial charge on any atom is 0.270 e. The zero-order valence-electron chi connectivity index (χ0n) is 9.81. The average Bonchev–Trinajstić information content (AvgIpc) is 2.28. The largest absolute Gasteiger partial charge is 0.311 e. The fraction of sp³-hybridized carbons (Fsp3) is 0.333. The molecule has 0 spiro atoms. The summed E-state index contributed by atoms with van der Waals surface area (Å²) in [6.07, 6.45) is 3.72. The molecule has 0 aliphatic carbocycles. The molecule has 0 fully saturated rings. The van der Waals surface area contributed by atoms with E-state index in [1.807, 2.05) is 19.9 Å². The van der Waals surface area contributed by atoms with E-state index in [0.717, 1.165) is 6.54 Å². The van der Waals surface area contributed by atoms with Gasteiger partial charge in [0.25, 0.3) is 5.69 Å². The van der Waals surface area contributed by atoms with Crippen LogP contribution in [0.4, 0.5) is 5.69 Å². The maximum absolute atomic E-state index is 10.6. The fourth-order valence-electron chi connectivity index (χ4n) is 1.41. The van der Waals surface area contributed by atoms with Gasteiger partial charge in [0.1, 0.15) is 0 Å². The van der Waals surface area contributed by atoms with Crippen LogP contribution in [0.2, 0.25) is 5.02 Å². The van der Waals surface area contributed by atoms with Gasteiger partial charge in [0.2, 0.25) is 0 Å². The van der Waals surface area contributed by atoms with Gasteiger partial charge in [-0.2, -0.15) is 0 Å². The molecule has 0 bridgehead atoms. The molecular formula is C12H15ClN2O2. The lowest BCUT2D eigenvalue weighted by Gasteiger charge is -2.06. The van der Waals surface area contributed by atoms with Gasteiger partial charge in [0.05, 0.1) is 4.92 Å². The Morgan fingerprint density at radius 2 is 2.29 bits per heavy atom. The Bertz CT molecular complexity index is 433. The topological polar surface area (TPSA) is 55.2 Å². The summed E-state index contributed by atoms with van der Waals surface area (Å²) >= 11 is 5.97. The van der Waals surface area contributed by atoms with Gasteiger partial charge in [0.15, 0.2) is 0 Å². The van der Waals surface area contributed by atoms with Crippen molar-refractivity contribution in [1.29, 1.82) is 0 Å². The van der Waals surface area contributed by atoms with E-state index in [9.17, 15) is 10.1 Å². The van der Waals surface area contributed by atoms with Crippen LogP contribution in [0.5, 0.6) is 0 Å². The van der Waals surface area contributed by atoms with Gasteiger partial charge in [-0.3, -0.25) is 10.1 Å². The van der Waals surface area contributed by atoms with Crippen molar-refractivity contribution >= 4 is 23.4 Å². The van der Waals surface area contributed by atoms with Crippen molar-refractivity contribution in [3.05, 3.63) is 45.0 Å². The lowest BCUT2D eigenvalue weighted by molar-refractivity contribution is -0.384. The summed E-state index contributed by atoms with van der Waals surface area (Å²) in [4.78, 5) is 10.2. The summed E-state index contributed by atoms with van der Waals surface area (Å²) in [5.41, 5.74) is 0.704. The van der Waals surface area contributed by atoms with Crippen molar-refractivity contribution in [2.45, 2.75) is 19.9 Å². The van der Waals surface area contributed by atoms with Gasteiger partial charge >= 0.3 is 0 Å². The molecule has 0 aliphatic rings. The molecule has 1 aromatic carbocycles. The Labute approximate surface area is 105 Å². The van der Waals surface area contributed by atoms with Crippen molar-refractivity contribution < 1.29 is 4.92 Å². The molecule has 0 radical (unpaired) electrons. The van der Waals surface area contributed by atoms with E-state index in [1.165, 1.54) is 18.2 Å². The molecule has 0 aromatic heterocycles. The van der Waals surface area contributed by atoms with E-state index in [0.29, 0.717) is 10.6 Å². The van der Waals surface area contributed by atoms with Crippen molar-refractivity contribution in [2.75, 3.05) is 6.54 Å². The van der Waals surface area contributed by atoms with Crippen molar-refractivity contribution in [3.63, 3.8) is 0 Å². The number of nitrogens with one attached hydrogen (secondary N) is 1. The lowest BCUT2D eigenvalue weighted by atomic mass is 10.1. The first-order valence-electron chi connectivity index (χ1n) is 5.40. The molecule has 0 saturated heterocycles. The lowest BCUT2D eigenvalue weighted by Crippen LogP contribution is -2.22. The van der Waals surface area contributed by atoms with Crippen LogP contribution in [0, 0.1) is 10.1 Å². The van der Waals surface area contributed by atoms with E-state index in [2.05, 4.69) is 5.32 Å². The molecule has 5 heteroatoms. The predicted molar refractivity (Wildman–Crippen MR) is 70.3 cm³/mol. The zero-order valence-corrected chi connectivity index (χ0v) is 10.6. The van der Waals surface area contributed by atoms with Gasteiger partial charge in [-0.25, -0.2) is 0 Å². The second kappa shape index (κ2) is 6.37. The van der Waals surface area contributed by atoms with Crippen molar-refractivity contribution in [3.8, 4) is 0 Å². The van der Waals surface area contributed by atoms with E-state index >= 15 is 0 Å². The molecule has 1 N–H and O–H groups in total. The van der Waals surface area contributed by atoms with E-state index in [-0.39, 0.29) is 11.7 Å². The highest BCUT2D eigenvalue weighted by Crippen LogP contribution is 2.23. The van der Waals surface area contributed by atoms with Gasteiger partial charge in [0, 0.05) is 23.2 Å². The molecule has 0 amide bonds. The SMILES string of the molecule is CCNC(C)/C=C/c1cc([N+](=O)[O-])ccc1Cl. The number of nitro groups is 1. The zero-order chi connectivity index (χ0) is 12.8. The number of halogens is 1. The minimum absolute atomic E-state index is 0.0464. The van der Waals surface area contributed by atoms with E-state index in [4.69, 9.17) is 11.6 Å². The van der Waals surface area contributed by atoms with Gasteiger partial charge in [-0.15, -0.1) is 0 Å². The number of hydrogen-bond donors (Lipinski definition) is 1. The van der Waals surface area contributed by atoms with Crippen LogP contribution in [0.25, 0.3) is 6.08 Å². The minimum atomic E-state index is -0.429. The second-order valence-corrected chi connectivity index (χ2v) is 4.08. The third-order valence-electron chi connectivity index (χ3n) is 2.28. The summed E-state index contributed by atoms with van der Waals surface area (Å²) in [7, 11) is 0. The van der Waals surface area contributed by atoms with Crippen LogP contribution in [-0.4, -0.2) is 17.5 Å². The summed E-state index contributed by atoms with van der Waals surface area (Å²) in [5, 5.41) is 14.3. The summed E-state index contributed by atoms with van der Waals surface area (Å²) in [6.45, 7) is 4.89. The molecule has 1 atom stereocenters. The third kappa shape index (κ3) is 4.17. The number of nitro benzene ring substituents is 1. The number of non-ortho nitro benzene ring substituents is 1. The van der Waals surface area contributed by atoms with Crippen LogP contribution < -0.4 is 5.32 Å². The molecule has 0 aliphatic heterocycles. The molecule has 17 heavy (non-hydrogen) atoms. The summed E-state index contributed by atoms with van der Waals surface area (Å²) in [5.74, 6) is 0. The molecule has 92 valence electrons. The Kier molecular flexibility index (Phi) is 5.12. The highest BCUT2D eigenvalue weighted by Gasteiger charge is 2.07. The Hall–Kier alpha value is -1.39. The first-order chi connectivity index (χ1) is 8.04. The molecule has 0 saturated carbocycles. The fourth-order valence-corrected chi connectivity index (χ4v) is 1.59. The molecule has 4 nitrogen and oxygen atoms in total. The van der Waals surface area contributed by atoms with Gasteiger partial charge < -0.3 is 5.32 Å². The Morgan fingerprint density at radius 3 is 2.88 bits per heavy atom. The minimum Gasteiger partial charge on any atom is -0.311 e. The highest BCUT2D eigenvalue weighted by atomic mass is 35.5. The standard InChI is InChI=1S/C12H15ClN2O2/c1-3-14-9(2)4-5-10-8-11(15(16)17)6-7-12(10)13/h4-9,14H,3H2,1-2H3/b5-4+. The van der Waals surface area contributed by atoms with Crippen LogP contribution in [0.1, 0.15) is 19.4 Å². The highest BCUT2D eigenvalue weighted by molar-refractivity contribution is 6.32. The van der Waals surface area contributed by atoms with Crippen LogP contribution in [0.15, 0.2) is 24.3 Å². The predicted octanol–water partition coefficient (Wildman–Crippen LogP) is 3.26. The smallest absolute Gasteiger partial charge is 0.270 e. The molecule has 1 aromatic rings. The quantitative estimate of drug-likeness (QED) is 0.648. The van der Waals surface area contributed by atoms with Crippen molar-refractivity contribution in [2.24, 2.45) is 0 Å². The number of likely N-dealkylation sites (N-methyl/N-ethyl adjacent to an activating group) is 1. The number of benzene rings is 1. The monoisotopic (exact) mass is 254 g/mol. The Morgan fingerprint density at radius 1 is 1.59 bits per heavy atom. The molecular weight excluding hydrogens is 240 g/mol. The number of hydrogen-bond acceptors (Lipinski definition) is 3. The second-order valence-electron chi connectivity index (χ2n) is 3.67. The van der Waals surface area contributed by atoms with Gasteiger partial charge in [-0.05, 0) is 25.1 Å². The van der Waals surface area contributed by atoms with Crippen LogP contribution in [-0.2, 0) is 0 Å². The summed E-state index contributed by atoms with van der Waals surface area (Å²) in [6, 6.07) is 4.61. The first kappa shape index (κ1) is 13.7. The van der Waals surface area contributed by atoms with Crippen LogP contribution >= 0.6 is 11.6 Å². The van der Waals surface area contributed by atoms with Crippen LogP contribution in [0.3, 0.4) is 0 Å². The van der Waals surface area contributed by atoms with Crippen molar-refractivity contribution in [1.82, 2.24) is 5.32 Å². The molecule has 1 rings (SSSR count). The van der Waals surface area contributed by atoms with Gasteiger partial charge in [-0.1, -0.05) is 30.7 Å². The number of rotatable bonds is 5. The molecule has 0 heterocycles.